The number of ether oxygens (including phenoxy) is 3. The van der Waals surface area contributed by atoms with Crippen molar-refractivity contribution in [1.29, 1.82) is 0 Å². The maximum atomic E-state index is 12.6. The van der Waals surface area contributed by atoms with Crippen molar-refractivity contribution in [3.05, 3.63) is 47.7 Å². The third-order valence-corrected chi connectivity index (χ3v) is 4.13. The maximum Gasteiger partial charge on any atom is 0.347 e. The Labute approximate surface area is 155 Å². The van der Waals surface area contributed by atoms with Crippen molar-refractivity contribution in [1.82, 2.24) is 0 Å². The fourth-order valence-corrected chi connectivity index (χ4v) is 2.67. The molecular weight excluding hydrogens is 352 g/mol. The predicted octanol–water partition coefficient (Wildman–Crippen LogP) is 3.97. The molecule has 0 fully saturated rings. The molecule has 1 N–H and O–H groups in total. The third kappa shape index (κ3) is 3.31. The Hall–Kier alpha value is -3.48. The number of hydrogen-bond acceptors (Lipinski definition) is 7. The van der Waals surface area contributed by atoms with E-state index in [-0.39, 0.29) is 34.8 Å². The molecule has 2 aromatic carbocycles. The zero-order valence-corrected chi connectivity index (χ0v) is 15.1. The van der Waals surface area contributed by atoms with Crippen LogP contribution in [0, 0.1) is 0 Å². The van der Waals surface area contributed by atoms with Crippen LogP contribution in [0.4, 0.5) is 0 Å². The molecule has 0 saturated heterocycles. The summed E-state index contributed by atoms with van der Waals surface area (Å²) in [5, 5.41) is 10.9. The maximum absolute atomic E-state index is 12.6. The fraction of sp³-hybridized carbons (Fsp3) is 0.200. The van der Waals surface area contributed by atoms with Gasteiger partial charge in [-0.25, -0.2) is 4.79 Å². The summed E-state index contributed by atoms with van der Waals surface area (Å²) in [6.07, 6.45) is 1.46. The van der Waals surface area contributed by atoms with Crippen molar-refractivity contribution < 1.29 is 33.3 Å². The van der Waals surface area contributed by atoms with Crippen molar-refractivity contribution in [2.45, 2.75) is 13.3 Å². The van der Waals surface area contributed by atoms with Gasteiger partial charge in [-0.3, -0.25) is 4.79 Å². The molecule has 0 amide bonds. The van der Waals surface area contributed by atoms with Crippen LogP contribution in [0.25, 0.3) is 11.0 Å². The van der Waals surface area contributed by atoms with E-state index in [1.807, 2.05) is 0 Å². The summed E-state index contributed by atoms with van der Waals surface area (Å²) in [5.41, 5.74) is 0.677. The van der Waals surface area contributed by atoms with Gasteiger partial charge in [0.05, 0.1) is 19.8 Å². The number of phenolic OH excluding ortho intramolecular Hbond substituents is 1. The Morgan fingerprint density at radius 3 is 2.52 bits per heavy atom. The highest BCUT2D eigenvalue weighted by Crippen LogP contribution is 2.40. The lowest BCUT2D eigenvalue weighted by molar-refractivity contribution is 0.0723. The lowest BCUT2D eigenvalue weighted by Gasteiger charge is -2.13. The Morgan fingerprint density at radius 1 is 1.07 bits per heavy atom. The van der Waals surface area contributed by atoms with Crippen molar-refractivity contribution in [2.75, 3.05) is 14.2 Å². The van der Waals surface area contributed by atoms with E-state index in [0.29, 0.717) is 16.7 Å². The fourth-order valence-electron chi connectivity index (χ4n) is 2.67. The Kier molecular flexibility index (Phi) is 5.03. The Bertz CT molecular complexity index is 1020. The lowest BCUT2D eigenvalue weighted by Crippen LogP contribution is -2.10. The largest absolute Gasteiger partial charge is 0.504 e. The molecule has 0 aliphatic carbocycles. The molecule has 0 aliphatic rings. The summed E-state index contributed by atoms with van der Waals surface area (Å²) in [4.78, 5) is 24.6. The molecule has 1 heterocycles. The van der Waals surface area contributed by atoms with Gasteiger partial charge in [0, 0.05) is 17.9 Å². The van der Waals surface area contributed by atoms with Gasteiger partial charge in [-0.1, -0.05) is 6.92 Å². The highest BCUT2D eigenvalue weighted by atomic mass is 16.6. The molecule has 3 aromatic rings. The van der Waals surface area contributed by atoms with Gasteiger partial charge in [-0.05, 0) is 24.3 Å². The number of furan rings is 1. The number of rotatable bonds is 6. The van der Waals surface area contributed by atoms with Gasteiger partial charge in [0.1, 0.15) is 23.2 Å². The van der Waals surface area contributed by atoms with Crippen LogP contribution < -0.4 is 14.2 Å². The molecule has 1 aromatic heterocycles. The monoisotopic (exact) mass is 370 g/mol. The highest BCUT2D eigenvalue weighted by Gasteiger charge is 2.24. The zero-order chi connectivity index (χ0) is 19.6. The normalized spacial score (nSPS) is 10.6. The second-order valence-electron chi connectivity index (χ2n) is 5.67. The van der Waals surface area contributed by atoms with E-state index in [9.17, 15) is 14.7 Å². The number of aromatic hydroxyl groups is 1. The first kappa shape index (κ1) is 18.3. The molecule has 0 unspecified atom stereocenters. The minimum Gasteiger partial charge on any atom is -0.504 e. The second kappa shape index (κ2) is 7.41. The SMILES string of the molecule is CCC(=O)c1ccc(OC)c(OC(=O)c2coc3cc(OC)ccc23)c1O. The smallest absolute Gasteiger partial charge is 0.347 e. The van der Waals surface area contributed by atoms with Crippen LogP contribution in [0.1, 0.15) is 34.1 Å². The number of carbonyl (C=O) groups is 2. The first-order valence-electron chi connectivity index (χ1n) is 8.20. The molecule has 7 nitrogen and oxygen atoms in total. The summed E-state index contributed by atoms with van der Waals surface area (Å²) in [6, 6.07) is 7.89. The zero-order valence-electron chi connectivity index (χ0n) is 15.1. The summed E-state index contributed by atoms with van der Waals surface area (Å²) < 4.78 is 21.0. The number of carbonyl (C=O) groups excluding carboxylic acids is 2. The topological polar surface area (TPSA) is 95.2 Å². The number of methoxy groups -OCH3 is 2. The van der Waals surface area contributed by atoms with E-state index in [0.717, 1.165) is 0 Å². The van der Waals surface area contributed by atoms with Crippen LogP contribution in [0.15, 0.2) is 41.0 Å². The summed E-state index contributed by atoms with van der Waals surface area (Å²) in [6.45, 7) is 1.67. The molecule has 0 spiro atoms. The third-order valence-electron chi connectivity index (χ3n) is 4.13. The first-order chi connectivity index (χ1) is 13.0. The number of hydrogen-bond donors (Lipinski definition) is 1. The van der Waals surface area contributed by atoms with E-state index in [2.05, 4.69) is 0 Å². The van der Waals surface area contributed by atoms with Crippen LogP contribution in [-0.4, -0.2) is 31.1 Å². The molecule has 3 rings (SSSR count). The number of phenols is 1. The number of ketones is 1. The molecule has 7 heteroatoms. The van der Waals surface area contributed by atoms with Crippen molar-refractivity contribution >= 4 is 22.7 Å². The first-order valence-corrected chi connectivity index (χ1v) is 8.20. The number of fused-ring (bicyclic) bond motifs is 1. The average Bonchev–Trinajstić information content (AvgIpc) is 3.11. The Morgan fingerprint density at radius 2 is 1.85 bits per heavy atom. The minimum atomic E-state index is -0.756. The van der Waals surface area contributed by atoms with Crippen molar-refractivity contribution in [2.24, 2.45) is 0 Å². The van der Waals surface area contributed by atoms with E-state index >= 15 is 0 Å². The highest BCUT2D eigenvalue weighted by molar-refractivity contribution is 6.05. The molecule has 0 aliphatic heterocycles. The van der Waals surface area contributed by atoms with E-state index < -0.39 is 11.7 Å². The Balaban J connectivity index is 2.00. The van der Waals surface area contributed by atoms with E-state index in [1.165, 1.54) is 32.6 Å². The summed E-state index contributed by atoms with van der Waals surface area (Å²) in [5.74, 6) is -0.986. The van der Waals surface area contributed by atoms with Crippen LogP contribution in [-0.2, 0) is 0 Å². The van der Waals surface area contributed by atoms with Gasteiger partial charge >= 0.3 is 5.97 Å². The van der Waals surface area contributed by atoms with Gasteiger partial charge in [0.2, 0.25) is 5.75 Å². The lowest BCUT2D eigenvalue weighted by atomic mass is 10.1. The van der Waals surface area contributed by atoms with Crippen LogP contribution >= 0.6 is 0 Å². The van der Waals surface area contributed by atoms with Crippen molar-refractivity contribution in [3.63, 3.8) is 0 Å². The second-order valence-corrected chi connectivity index (χ2v) is 5.67. The number of benzene rings is 2. The van der Waals surface area contributed by atoms with Gasteiger partial charge in [0.15, 0.2) is 17.3 Å². The molecule has 0 atom stereocenters. The van der Waals surface area contributed by atoms with Gasteiger partial charge in [0.25, 0.3) is 0 Å². The van der Waals surface area contributed by atoms with Crippen molar-refractivity contribution in [3.8, 4) is 23.0 Å². The van der Waals surface area contributed by atoms with Crippen LogP contribution in [0.5, 0.6) is 23.0 Å². The van der Waals surface area contributed by atoms with E-state index in [1.54, 1.807) is 25.1 Å². The minimum absolute atomic E-state index is 0.0582. The summed E-state index contributed by atoms with van der Waals surface area (Å²) >= 11 is 0. The number of Topliss-reactive ketones (excluding diaryl/α,β-unsaturated/α-hetero) is 1. The molecule has 0 bridgehead atoms. The van der Waals surface area contributed by atoms with Crippen LogP contribution in [0.2, 0.25) is 0 Å². The predicted molar refractivity (Wildman–Crippen MR) is 97.0 cm³/mol. The molecule has 140 valence electrons. The molecule has 27 heavy (non-hydrogen) atoms. The molecular formula is C20H18O7. The standard InChI is InChI=1S/C20H18O7/c1-4-15(21)13-7-8-16(25-3)19(18(13)22)27-20(23)14-10-26-17-9-11(24-2)5-6-12(14)17/h5-10,22H,4H2,1-3H3. The molecule has 0 radical (unpaired) electrons. The number of esters is 1. The van der Waals surface area contributed by atoms with Gasteiger partial charge in [-0.15, -0.1) is 0 Å². The summed E-state index contributed by atoms with van der Waals surface area (Å²) in [7, 11) is 2.89. The van der Waals surface area contributed by atoms with Crippen LogP contribution in [0.3, 0.4) is 0 Å². The van der Waals surface area contributed by atoms with E-state index in [4.69, 9.17) is 18.6 Å². The van der Waals surface area contributed by atoms with Gasteiger partial charge < -0.3 is 23.7 Å². The van der Waals surface area contributed by atoms with Gasteiger partial charge in [-0.2, -0.15) is 0 Å². The average molecular weight is 370 g/mol. The quantitative estimate of drug-likeness (QED) is 0.398. The molecule has 0 saturated carbocycles.